The van der Waals surface area contributed by atoms with Crippen LogP contribution >= 0.6 is 22.9 Å². The maximum Gasteiger partial charge on any atom is 0.280 e. The van der Waals surface area contributed by atoms with E-state index in [1.54, 1.807) is 0 Å². The molecule has 0 spiro atoms. The minimum atomic E-state index is -0.460. The predicted molar refractivity (Wildman–Crippen MR) is 105 cm³/mol. The van der Waals surface area contributed by atoms with Gasteiger partial charge in [0.05, 0.1) is 5.56 Å². The second-order valence-electron chi connectivity index (χ2n) is 6.61. The standard InChI is InChI=1S/C19H22ClN3O2S/c1-11(12-6-8-13(20)9-7-12)22-10-16(24)23-19-17(18(21)25)14-4-2-3-5-15(14)26-19/h6-9,11,22H,2-5,10H2,1H3,(H2,21,25)(H,23,24)/p+1/t11-/m0/s1. The number of carbonyl (C=O) groups is 2. The number of fused-ring (bicyclic) bond motifs is 1. The summed E-state index contributed by atoms with van der Waals surface area (Å²) in [5.41, 5.74) is 8.20. The Hall–Kier alpha value is -1.89. The van der Waals surface area contributed by atoms with E-state index in [1.807, 2.05) is 36.5 Å². The van der Waals surface area contributed by atoms with Crippen molar-refractivity contribution in [3.05, 3.63) is 50.9 Å². The summed E-state index contributed by atoms with van der Waals surface area (Å²) >= 11 is 7.40. The van der Waals surface area contributed by atoms with Crippen molar-refractivity contribution in [3.8, 4) is 0 Å². The summed E-state index contributed by atoms with van der Waals surface area (Å²) in [6.07, 6.45) is 3.99. The van der Waals surface area contributed by atoms with E-state index < -0.39 is 5.91 Å². The van der Waals surface area contributed by atoms with E-state index in [0.29, 0.717) is 15.6 Å². The van der Waals surface area contributed by atoms with Crippen LogP contribution in [0.15, 0.2) is 24.3 Å². The van der Waals surface area contributed by atoms with Crippen LogP contribution in [0.5, 0.6) is 0 Å². The Morgan fingerprint density at radius 2 is 1.96 bits per heavy atom. The summed E-state index contributed by atoms with van der Waals surface area (Å²) in [6.45, 7) is 2.31. The summed E-state index contributed by atoms with van der Waals surface area (Å²) in [7, 11) is 0. The van der Waals surface area contributed by atoms with Gasteiger partial charge >= 0.3 is 0 Å². The summed E-state index contributed by atoms with van der Waals surface area (Å²) in [5, 5.41) is 6.14. The topological polar surface area (TPSA) is 88.8 Å². The van der Waals surface area contributed by atoms with Crippen LogP contribution in [0.2, 0.25) is 5.02 Å². The Kier molecular flexibility index (Phi) is 5.96. The summed E-state index contributed by atoms with van der Waals surface area (Å²) in [6, 6.07) is 7.73. The SMILES string of the molecule is C[C@H]([NH2+]CC(=O)Nc1sc2c(c1C(N)=O)CCCC2)c1ccc(Cl)cc1. The molecule has 1 aromatic heterocycles. The van der Waals surface area contributed by atoms with E-state index in [-0.39, 0.29) is 18.5 Å². The number of amides is 2. The Labute approximate surface area is 161 Å². The smallest absolute Gasteiger partial charge is 0.280 e. The van der Waals surface area contributed by atoms with Gasteiger partial charge in [-0.2, -0.15) is 0 Å². The normalized spacial score (nSPS) is 14.5. The molecule has 0 fully saturated rings. The third-order valence-electron chi connectivity index (χ3n) is 4.72. The molecule has 7 heteroatoms. The molecule has 0 unspecified atom stereocenters. The highest BCUT2D eigenvalue weighted by molar-refractivity contribution is 7.17. The molecule has 1 aromatic carbocycles. The van der Waals surface area contributed by atoms with Gasteiger partial charge in [-0.3, -0.25) is 9.59 Å². The molecule has 0 bridgehead atoms. The van der Waals surface area contributed by atoms with Gasteiger partial charge in [-0.1, -0.05) is 23.7 Å². The first-order valence-corrected chi connectivity index (χ1v) is 9.98. The first kappa shape index (κ1) is 18.9. The third-order valence-corrected chi connectivity index (χ3v) is 6.18. The minimum Gasteiger partial charge on any atom is -0.365 e. The Bertz CT molecular complexity index is 817. The molecular weight excluding hydrogens is 370 g/mol. The van der Waals surface area contributed by atoms with Crippen molar-refractivity contribution in [2.45, 2.75) is 38.6 Å². The van der Waals surface area contributed by atoms with Gasteiger partial charge in [0.15, 0.2) is 6.54 Å². The Morgan fingerprint density at radius 3 is 2.65 bits per heavy atom. The molecule has 1 heterocycles. The van der Waals surface area contributed by atoms with Crippen LogP contribution < -0.4 is 16.4 Å². The first-order chi connectivity index (χ1) is 12.5. The van der Waals surface area contributed by atoms with Gasteiger partial charge < -0.3 is 16.4 Å². The van der Waals surface area contributed by atoms with Gasteiger partial charge in [0.25, 0.3) is 11.8 Å². The highest BCUT2D eigenvalue weighted by Crippen LogP contribution is 2.37. The number of thiophene rings is 1. The molecule has 138 valence electrons. The number of carbonyl (C=O) groups excluding carboxylic acids is 2. The van der Waals surface area contributed by atoms with E-state index in [0.717, 1.165) is 36.8 Å². The molecule has 2 amide bonds. The first-order valence-electron chi connectivity index (χ1n) is 8.78. The maximum atomic E-state index is 12.4. The van der Waals surface area contributed by atoms with Crippen molar-refractivity contribution in [1.82, 2.24) is 0 Å². The molecular formula is C19H23ClN3O2S+. The molecule has 26 heavy (non-hydrogen) atoms. The lowest BCUT2D eigenvalue weighted by molar-refractivity contribution is -0.682. The monoisotopic (exact) mass is 392 g/mol. The summed E-state index contributed by atoms with van der Waals surface area (Å²) in [5.74, 6) is -0.592. The van der Waals surface area contributed by atoms with Crippen molar-refractivity contribution in [2.75, 3.05) is 11.9 Å². The highest BCUT2D eigenvalue weighted by atomic mass is 35.5. The van der Waals surface area contributed by atoms with E-state index in [9.17, 15) is 9.59 Å². The zero-order valence-corrected chi connectivity index (χ0v) is 16.3. The largest absolute Gasteiger partial charge is 0.365 e. The molecule has 3 rings (SSSR count). The van der Waals surface area contributed by atoms with Crippen LogP contribution in [0.4, 0.5) is 5.00 Å². The van der Waals surface area contributed by atoms with Crippen LogP contribution in [-0.4, -0.2) is 18.4 Å². The van der Waals surface area contributed by atoms with Crippen molar-refractivity contribution in [1.29, 1.82) is 0 Å². The Balaban J connectivity index is 1.64. The second kappa shape index (κ2) is 8.20. The molecule has 1 aliphatic carbocycles. The van der Waals surface area contributed by atoms with Crippen LogP contribution in [0, 0.1) is 0 Å². The number of rotatable bonds is 6. The van der Waals surface area contributed by atoms with Gasteiger partial charge in [-0.25, -0.2) is 0 Å². The molecule has 0 saturated carbocycles. The summed E-state index contributed by atoms with van der Waals surface area (Å²) in [4.78, 5) is 25.4. The van der Waals surface area contributed by atoms with Crippen LogP contribution in [0.3, 0.4) is 0 Å². The number of nitrogens with one attached hydrogen (secondary N) is 1. The minimum absolute atomic E-state index is 0.130. The maximum absolute atomic E-state index is 12.4. The fraction of sp³-hybridized carbons (Fsp3) is 0.368. The second-order valence-corrected chi connectivity index (χ2v) is 8.15. The third kappa shape index (κ3) is 4.26. The molecule has 0 radical (unpaired) electrons. The number of halogens is 1. The van der Waals surface area contributed by atoms with Gasteiger partial charge in [-0.15, -0.1) is 11.3 Å². The van der Waals surface area contributed by atoms with Crippen molar-refractivity contribution in [3.63, 3.8) is 0 Å². The van der Waals surface area contributed by atoms with Crippen LogP contribution in [0.1, 0.15) is 52.2 Å². The highest BCUT2D eigenvalue weighted by Gasteiger charge is 2.25. The number of aryl methyl sites for hydroxylation is 1. The molecule has 1 aliphatic rings. The van der Waals surface area contributed by atoms with Crippen LogP contribution in [0.25, 0.3) is 0 Å². The average molecular weight is 393 g/mol. The number of anilines is 1. The lowest BCUT2D eigenvalue weighted by Crippen LogP contribution is -2.86. The number of quaternary nitrogens is 1. The van der Waals surface area contributed by atoms with Gasteiger partial charge in [0, 0.05) is 15.5 Å². The number of benzene rings is 1. The van der Waals surface area contributed by atoms with Crippen molar-refractivity contribution in [2.24, 2.45) is 5.73 Å². The molecule has 5 nitrogen and oxygen atoms in total. The van der Waals surface area contributed by atoms with E-state index in [4.69, 9.17) is 17.3 Å². The van der Waals surface area contributed by atoms with Gasteiger partial charge in [0.1, 0.15) is 11.0 Å². The summed E-state index contributed by atoms with van der Waals surface area (Å²) < 4.78 is 0. The van der Waals surface area contributed by atoms with Gasteiger partial charge in [-0.05, 0) is 50.3 Å². The fourth-order valence-corrected chi connectivity index (χ4v) is 4.72. The number of primary amides is 1. The predicted octanol–water partition coefficient (Wildman–Crippen LogP) is 2.64. The van der Waals surface area contributed by atoms with E-state index in [2.05, 4.69) is 5.32 Å². The molecule has 2 aromatic rings. The zero-order valence-electron chi connectivity index (χ0n) is 14.7. The van der Waals surface area contributed by atoms with Crippen LogP contribution in [-0.2, 0) is 17.6 Å². The van der Waals surface area contributed by atoms with Crippen molar-refractivity contribution >= 4 is 39.8 Å². The number of hydrogen-bond acceptors (Lipinski definition) is 3. The number of nitrogens with two attached hydrogens (primary N) is 2. The average Bonchev–Trinajstić information content (AvgIpc) is 2.98. The van der Waals surface area contributed by atoms with Crippen molar-refractivity contribution < 1.29 is 14.9 Å². The van der Waals surface area contributed by atoms with E-state index >= 15 is 0 Å². The quantitative estimate of drug-likeness (QED) is 0.705. The Morgan fingerprint density at radius 1 is 1.27 bits per heavy atom. The molecule has 1 atom stereocenters. The molecule has 0 saturated heterocycles. The van der Waals surface area contributed by atoms with E-state index in [1.165, 1.54) is 16.2 Å². The molecule has 0 aliphatic heterocycles. The molecule has 5 N–H and O–H groups in total. The zero-order chi connectivity index (χ0) is 18.7. The lowest BCUT2D eigenvalue weighted by Gasteiger charge is -2.12. The number of hydrogen-bond donors (Lipinski definition) is 3. The fourth-order valence-electron chi connectivity index (χ4n) is 3.28. The van der Waals surface area contributed by atoms with Gasteiger partial charge in [0.2, 0.25) is 0 Å². The lowest BCUT2D eigenvalue weighted by atomic mass is 9.95.